The Labute approximate surface area is 159 Å². The van der Waals surface area contributed by atoms with Crippen molar-refractivity contribution in [1.82, 2.24) is 0 Å². The maximum atomic E-state index is 13.9. The summed E-state index contributed by atoms with van der Waals surface area (Å²) in [4.78, 5) is 0. The first kappa shape index (κ1) is 19.5. The molecule has 2 nitrogen and oxygen atoms in total. The molecule has 0 heterocycles. The van der Waals surface area contributed by atoms with Gasteiger partial charge in [-0.2, -0.15) is 8.78 Å². The summed E-state index contributed by atoms with van der Waals surface area (Å²) in [7, 11) is 0. The topological polar surface area (TPSA) is 18.5 Å². The van der Waals surface area contributed by atoms with Crippen molar-refractivity contribution in [3.63, 3.8) is 0 Å². The van der Waals surface area contributed by atoms with Crippen LogP contribution < -0.4 is 9.03 Å². The van der Waals surface area contributed by atoms with Crippen molar-refractivity contribution in [2.45, 2.75) is 58.3 Å². The van der Waals surface area contributed by atoms with Gasteiger partial charge < -0.3 is 9.03 Å². The second-order valence-corrected chi connectivity index (χ2v) is 7.80. The van der Waals surface area contributed by atoms with Crippen LogP contribution in [0, 0.1) is 29.4 Å². The van der Waals surface area contributed by atoms with Crippen LogP contribution >= 0.6 is 11.9 Å². The minimum atomic E-state index is -1.13. The Bertz CT molecular complexity index is 639. The fourth-order valence-corrected chi connectivity index (χ4v) is 4.51. The predicted molar refractivity (Wildman–Crippen MR) is 99.5 cm³/mol. The summed E-state index contributed by atoms with van der Waals surface area (Å²) < 4.78 is 37.3. The van der Waals surface area contributed by atoms with Crippen molar-refractivity contribution in [2.24, 2.45) is 17.8 Å². The van der Waals surface area contributed by atoms with Crippen molar-refractivity contribution >= 4 is 11.9 Å². The van der Waals surface area contributed by atoms with E-state index in [1.807, 2.05) is 0 Å². The zero-order chi connectivity index (χ0) is 18.5. The van der Waals surface area contributed by atoms with Gasteiger partial charge in [0.15, 0.2) is 11.5 Å². The summed E-state index contributed by atoms with van der Waals surface area (Å²) >= 11 is 5.09. The summed E-state index contributed by atoms with van der Waals surface area (Å²) in [6.45, 7) is 2.60. The van der Waals surface area contributed by atoms with E-state index in [9.17, 15) is 8.78 Å². The van der Waals surface area contributed by atoms with E-state index in [1.165, 1.54) is 56.2 Å². The summed E-state index contributed by atoms with van der Waals surface area (Å²) in [5, 5.41) is 0. The molecule has 0 aromatic heterocycles. The Morgan fingerprint density at radius 1 is 1.00 bits per heavy atom. The third kappa shape index (κ3) is 4.51. The number of halogens is 3. The number of benzene rings is 1. The Balaban J connectivity index is 1.50. The van der Waals surface area contributed by atoms with E-state index >= 15 is 0 Å². The van der Waals surface area contributed by atoms with Crippen LogP contribution in [0.15, 0.2) is 23.8 Å². The highest BCUT2D eigenvalue weighted by molar-refractivity contribution is 6.09. The van der Waals surface area contributed by atoms with Crippen LogP contribution in [-0.4, -0.2) is 6.61 Å². The van der Waals surface area contributed by atoms with Gasteiger partial charge in [0.05, 0.1) is 0 Å². The summed E-state index contributed by atoms with van der Waals surface area (Å²) in [5.41, 5.74) is 1.17. The lowest BCUT2D eigenvalue weighted by Crippen LogP contribution is -2.23. The molecule has 26 heavy (non-hydrogen) atoms. The molecule has 0 bridgehead atoms. The van der Waals surface area contributed by atoms with E-state index < -0.39 is 11.6 Å². The van der Waals surface area contributed by atoms with Crippen LogP contribution in [0.5, 0.6) is 11.5 Å². The molecule has 3 rings (SSSR count). The molecule has 1 saturated carbocycles. The largest absolute Gasteiger partial charge is 0.486 e. The van der Waals surface area contributed by atoms with Gasteiger partial charge in [-0.15, -0.1) is 0 Å². The van der Waals surface area contributed by atoms with Crippen LogP contribution in [-0.2, 0) is 0 Å². The molecule has 2 aliphatic carbocycles. The monoisotopic (exact) mass is 384 g/mol. The second kappa shape index (κ2) is 9.07. The van der Waals surface area contributed by atoms with Gasteiger partial charge >= 0.3 is 0 Å². The van der Waals surface area contributed by atoms with E-state index in [2.05, 4.69) is 17.3 Å². The fourth-order valence-electron chi connectivity index (χ4n) is 4.39. The smallest absolute Gasteiger partial charge is 0.206 e. The molecule has 1 aromatic rings. The van der Waals surface area contributed by atoms with E-state index in [4.69, 9.17) is 16.6 Å². The number of ether oxygens (including phenoxy) is 1. The van der Waals surface area contributed by atoms with Gasteiger partial charge in [-0.25, -0.2) is 0 Å². The normalized spacial score (nSPS) is 26.3. The maximum Gasteiger partial charge on any atom is 0.206 e. The highest BCUT2D eigenvalue weighted by atomic mass is 35.5. The molecule has 5 heteroatoms. The standard InChI is InChI=1S/C21H27ClF2O2/c1-2-14-3-7-16(8-4-14)17-9-5-15(6-10-17)13-25-18-11-12-19(26-22)21(24)20(18)23/h5,11-12,14,16-17H,2-4,6-10,13H2,1H3. The molecule has 0 saturated heterocycles. The van der Waals surface area contributed by atoms with Crippen LogP contribution in [0.4, 0.5) is 8.78 Å². The molecule has 0 aliphatic heterocycles. The fraction of sp³-hybridized carbons (Fsp3) is 0.619. The molecule has 0 spiro atoms. The Morgan fingerprint density at radius 2 is 1.69 bits per heavy atom. The average Bonchev–Trinajstić information content (AvgIpc) is 2.70. The van der Waals surface area contributed by atoms with Crippen LogP contribution in [0.2, 0.25) is 0 Å². The molecule has 1 atom stereocenters. The second-order valence-electron chi connectivity index (χ2n) is 7.64. The van der Waals surface area contributed by atoms with Gasteiger partial charge in [-0.1, -0.05) is 32.3 Å². The Morgan fingerprint density at radius 3 is 2.31 bits per heavy atom. The average molecular weight is 385 g/mol. The minimum absolute atomic E-state index is 0.110. The maximum absolute atomic E-state index is 13.9. The summed E-state index contributed by atoms with van der Waals surface area (Å²) in [6, 6.07) is 2.60. The van der Waals surface area contributed by atoms with E-state index in [-0.39, 0.29) is 11.5 Å². The Hall–Kier alpha value is -1.29. The van der Waals surface area contributed by atoms with Crippen LogP contribution in [0.3, 0.4) is 0 Å². The van der Waals surface area contributed by atoms with Gasteiger partial charge in [0.1, 0.15) is 18.5 Å². The number of allylic oxidation sites excluding steroid dienone is 1. The molecule has 2 aliphatic rings. The number of hydrogen-bond acceptors (Lipinski definition) is 2. The van der Waals surface area contributed by atoms with Gasteiger partial charge in [0.25, 0.3) is 0 Å². The first-order valence-electron chi connectivity index (χ1n) is 9.69. The van der Waals surface area contributed by atoms with Gasteiger partial charge in [-0.3, -0.25) is 0 Å². The summed E-state index contributed by atoms with van der Waals surface area (Å²) in [6.07, 6.45) is 12.3. The third-order valence-corrected chi connectivity index (χ3v) is 6.35. The lowest BCUT2D eigenvalue weighted by Gasteiger charge is -2.35. The minimum Gasteiger partial charge on any atom is -0.486 e. The SMILES string of the molecule is CCC1CCC(C2CC=C(COc3ccc(OCl)c(F)c3F)CC2)CC1. The van der Waals surface area contributed by atoms with Crippen molar-refractivity contribution in [3.05, 3.63) is 35.4 Å². The lowest BCUT2D eigenvalue weighted by molar-refractivity contribution is 0.187. The third-order valence-electron chi connectivity index (χ3n) is 6.19. The number of hydrogen-bond donors (Lipinski definition) is 0. The van der Waals surface area contributed by atoms with Crippen molar-refractivity contribution in [1.29, 1.82) is 0 Å². The molecular formula is C21H27ClF2O2. The molecule has 0 N–H and O–H groups in total. The molecule has 1 unspecified atom stereocenters. The number of rotatable bonds is 6. The highest BCUT2D eigenvalue weighted by Crippen LogP contribution is 2.40. The van der Waals surface area contributed by atoms with Gasteiger partial charge in [0.2, 0.25) is 11.6 Å². The van der Waals surface area contributed by atoms with Gasteiger partial charge in [-0.05, 0) is 67.6 Å². The molecule has 0 amide bonds. The van der Waals surface area contributed by atoms with E-state index in [0.717, 1.165) is 30.6 Å². The quantitative estimate of drug-likeness (QED) is 0.501. The van der Waals surface area contributed by atoms with Crippen molar-refractivity contribution in [2.75, 3.05) is 6.61 Å². The summed E-state index contributed by atoms with van der Waals surface area (Å²) in [5.74, 6) is -0.0878. The van der Waals surface area contributed by atoms with Crippen molar-refractivity contribution < 1.29 is 17.8 Å². The highest BCUT2D eigenvalue weighted by Gasteiger charge is 2.28. The lowest BCUT2D eigenvalue weighted by atomic mass is 9.71. The zero-order valence-electron chi connectivity index (χ0n) is 15.3. The van der Waals surface area contributed by atoms with E-state index in [0.29, 0.717) is 6.61 Å². The zero-order valence-corrected chi connectivity index (χ0v) is 16.0. The molecule has 0 radical (unpaired) electrons. The molecule has 144 valence electrons. The molecule has 1 fully saturated rings. The van der Waals surface area contributed by atoms with Crippen molar-refractivity contribution in [3.8, 4) is 11.5 Å². The van der Waals surface area contributed by atoms with E-state index in [1.54, 1.807) is 0 Å². The van der Waals surface area contributed by atoms with Gasteiger partial charge in [0, 0.05) is 0 Å². The van der Waals surface area contributed by atoms with Crippen LogP contribution in [0.1, 0.15) is 58.3 Å². The molecular weight excluding hydrogens is 358 g/mol. The first-order chi connectivity index (χ1) is 12.6. The Kier molecular flexibility index (Phi) is 6.80. The van der Waals surface area contributed by atoms with Crippen LogP contribution in [0.25, 0.3) is 0 Å². The predicted octanol–water partition coefficient (Wildman–Crippen LogP) is 6.82. The molecule has 1 aromatic carbocycles. The first-order valence-corrected chi connectivity index (χ1v) is 10.0.